The van der Waals surface area contributed by atoms with Gasteiger partial charge in [0.15, 0.2) is 0 Å². The number of unbranched alkanes of at least 4 members (excludes halogenated alkanes) is 3. The molecule has 0 aromatic rings. The Labute approximate surface area is 103 Å². The summed E-state index contributed by atoms with van der Waals surface area (Å²) in [7, 11) is -3.67. The summed E-state index contributed by atoms with van der Waals surface area (Å²) in [5, 5.41) is 0. The molecule has 17 heavy (non-hydrogen) atoms. The van der Waals surface area contributed by atoms with Crippen molar-refractivity contribution in [1.29, 1.82) is 0 Å². The standard InChI is InChI=1S/C8H14O2.C3H8O3S/c1-2-3-4-5-6-8-7(9-8)10-8;1-2-3-7(4,5)6/h7H,2-6H2,1H3;2-3H2,1H3,(H,4,5,6). The van der Waals surface area contributed by atoms with Crippen molar-refractivity contribution in [1.82, 2.24) is 0 Å². The van der Waals surface area contributed by atoms with Crippen LogP contribution in [0.1, 0.15) is 52.4 Å². The van der Waals surface area contributed by atoms with E-state index in [1.807, 2.05) is 0 Å². The quantitative estimate of drug-likeness (QED) is 0.434. The van der Waals surface area contributed by atoms with E-state index in [9.17, 15) is 8.42 Å². The largest absolute Gasteiger partial charge is 0.310 e. The molecular weight excluding hydrogens is 244 g/mol. The van der Waals surface area contributed by atoms with E-state index in [1.165, 1.54) is 25.7 Å². The summed E-state index contributed by atoms with van der Waals surface area (Å²) in [6.07, 6.45) is 7.06. The smallest absolute Gasteiger partial charge is 0.264 e. The zero-order valence-corrected chi connectivity index (χ0v) is 11.3. The molecule has 0 spiro atoms. The van der Waals surface area contributed by atoms with Gasteiger partial charge in [-0.25, -0.2) is 0 Å². The van der Waals surface area contributed by atoms with Crippen molar-refractivity contribution in [3.8, 4) is 0 Å². The van der Waals surface area contributed by atoms with Crippen LogP contribution in [0.25, 0.3) is 0 Å². The van der Waals surface area contributed by atoms with Crippen LogP contribution in [0.2, 0.25) is 0 Å². The summed E-state index contributed by atoms with van der Waals surface area (Å²) in [6, 6.07) is 0. The molecule has 2 rings (SSSR count). The minimum Gasteiger partial charge on any atom is -0.310 e. The number of rotatable bonds is 7. The first-order valence-electron chi connectivity index (χ1n) is 6.24. The molecule has 2 fully saturated rings. The Kier molecular flexibility index (Phi) is 5.37. The number of epoxide rings is 2. The van der Waals surface area contributed by atoms with Crippen molar-refractivity contribution in [3.05, 3.63) is 0 Å². The highest BCUT2D eigenvalue weighted by molar-refractivity contribution is 7.85. The molecule has 0 aromatic carbocycles. The van der Waals surface area contributed by atoms with E-state index in [-0.39, 0.29) is 17.8 Å². The summed E-state index contributed by atoms with van der Waals surface area (Å²) >= 11 is 0. The Balaban J connectivity index is 0.000000185. The van der Waals surface area contributed by atoms with E-state index in [4.69, 9.17) is 14.0 Å². The average molecular weight is 266 g/mol. The maximum absolute atomic E-state index is 9.79. The fourth-order valence-corrected chi connectivity index (χ4v) is 2.11. The average Bonchev–Trinajstić information content (AvgIpc) is 3.00. The Morgan fingerprint density at radius 2 is 1.71 bits per heavy atom. The molecule has 0 aromatic heterocycles. The minimum atomic E-state index is -3.67. The van der Waals surface area contributed by atoms with E-state index in [1.54, 1.807) is 6.92 Å². The normalized spacial score (nSPS) is 29.0. The van der Waals surface area contributed by atoms with Crippen molar-refractivity contribution in [2.24, 2.45) is 0 Å². The SMILES string of the molecule is CCCCCCC12OC1O2.CCCS(=O)(=O)O. The van der Waals surface area contributed by atoms with Crippen LogP contribution in [0.4, 0.5) is 0 Å². The summed E-state index contributed by atoms with van der Waals surface area (Å²) in [6.45, 7) is 3.91. The van der Waals surface area contributed by atoms with Gasteiger partial charge in [-0.05, 0) is 12.8 Å². The molecule has 0 amide bonds. The lowest BCUT2D eigenvalue weighted by molar-refractivity contribution is -0.0542. The second-order valence-electron chi connectivity index (χ2n) is 4.48. The van der Waals surface area contributed by atoms with Crippen LogP contribution >= 0.6 is 0 Å². The molecule has 2 aliphatic rings. The van der Waals surface area contributed by atoms with Gasteiger partial charge < -0.3 is 9.47 Å². The van der Waals surface area contributed by atoms with Gasteiger partial charge in [0, 0.05) is 6.42 Å². The molecule has 1 N–H and O–H groups in total. The molecule has 0 radical (unpaired) electrons. The van der Waals surface area contributed by atoms with E-state index < -0.39 is 10.1 Å². The van der Waals surface area contributed by atoms with Crippen molar-refractivity contribution in [2.45, 2.75) is 64.4 Å². The second-order valence-corrected chi connectivity index (χ2v) is 6.05. The predicted octanol–water partition coefficient (Wildman–Crippen LogP) is 2.32. The molecule has 2 aliphatic heterocycles. The highest BCUT2D eigenvalue weighted by atomic mass is 32.2. The summed E-state index contributed by atoms with van der Waals surface area (Å²) in [5.74, 6) is -0.166. The second kappa shape index (κ2) is 6.13. The van der Waals surface area contributed by atoms with Gasteiger partial charge in [-0.3, -0.25) is 4.55 Å². The van der Waals surface area contributed by atoms with Crippen LogP contribution in [0.3, 0.4) is 0 Å². The summed E-state index contributed by atoms with van der Waals surface area (Å²) < 4.78 is 37.9. The zero-order chi connectivity index (χ0) is 12.9. The monoisotopic (exact) mass is 266 g/mol. The third-order valence-corrected chi connectivity index (χ3v) is 3.62. The van der Waals surface area contributed by atoms with Gasteiger partial charge in [-0.1, -0.05) is 33.1 Å². The fourth-order valence-electron chi connectivity index (χ4n) is 1.59. The lowest BCUT2D eigenvalue weighted by Crippen LogP contribution is -2.01. The van der Waals surface area contributed by atoms with Crippen LogP contribution in [0, 0.1) is 0 Å². The van der Waals surface area contributed by atoms with Crippen molar-refractivity contribution < 1.29 is 22.4 Å². The Morgan fingerprint density at radius 1 is 1.12 bits per heavy atom. The van der Waals surface area contributed by atoms with Gasteiger partial charge in [0.05, 0.1) is 5.75 Å². The highest BCUT2D eigenvalue weighted by Gasteiger charge is 2.76. The molecule has 0 bridgehead atoms. The Hall–Kier alpha value is -0.170. The topological polar surface area (TPSA) is 79.4 Å². The number of fused-ring (bicyclic) bond motifs is 1. The number of hydrogen-bond acceptors (Lipinski definition) is 4. The molecule has 0 unspecified atom stereocenters. The third kappa shape index (κ3) is 5.81. The van der Waals surface area contributed by atoms with Gasteiger partial charge in [0.25, 0.3) is 10.1 Å². The van der Waals surface area contributed by atoms with Gasteiger partial charge in [-0.15, -0.1) is 0 Å². The van der Waals surface area contributed by atoms with Crippen molar-refractivity contribution in [2.75, 3.05) is 5.75 Å². The van der Waals surface area contributed by atoms with Gasteiger partial charge in [-0.2, -0.15) is 8.42 Å². The fraction of sp³-hybridized carbons (Fsp3) is 1.00. The van der Waals surface area contributed by atoms with E-state index >= 15 is 0 Å². The minimum absolute atomic E-state index is 0.0340. The maximum atomic E-state index is 9.79. The zero-order valence-electron chi connectivity index (χ0n) is 10.5. The Bertz CT molecular complexity index is 319. The van der Waals surface area contributed by atoms with Crippen LogP contribution in [0.5, 0.6) is 0 Å². The van der Waals surface area contributed by atoms with E-state index in [2.05, 4.69) is 6.92 Å². The molecule has 0 saturated carbocycles. The summed E-state index contributed by atoms with van der Waals surface area (Å²) in [5.41, 5.74) is 0. The molecule has 2 heterocycles. The third-order valence-electron chi connectivity index (χ3n) is 2.70. The van der Waals surface area contributed by atoms with Crippen LogP contribution in [-0.4, -0.2) is 30.8 Å². The molecule has 0 atom stereocenters. The van der Waals surface area contributed by atoms with Gasteiger partial charge in [0.1, 0.15) is 0 Å². The van der Waals surface area contributed by atoms with Crippen LogP contribution in [-0.2, 0) is 19.6 Å². The molecule has 6 heteroatoms. The van der Waals surface area contributed by atoms with Crippen molar-refractivity contribution >= 4 is 10.1 Å². The number of hydrogen-bond donors (Lipinski definition) is 1. The van der Waals surface area contributed by atoms with Crippen LogP contribution in [0.15, 0.2) is 0 Å². The van der Waals surface area contributed by atoms with Crippen molar-refractivity contribution in [3.63, 3.8) is 0 Å². The first-order valence-corrected chi connectivity index (χ1v) is 7.85. The number of ether oxygens (including phenoxy) is 2. The predicted molar refractivity (Wildman–Crippen MR) is 64.2 cm³/mol. The summed E-state index contributed by atoms with van der Waals surface area (Å²) in [4.78, 5) is 0. The highest BCUT2D eigenvalue weighted by Crippen LogP contribution is 2.59. The van der Waals surface area contributed by atoms with Crippen LogP contribution < -0.4 is 0 Å². The van der Waals surface area contributed by atoms with E-state index in [0.29, 0.717) is 6.42 Å². The Morgan fingerprint density at radius 3 is 2.00 bits per heavy atom. The molecule has 102 valence electrons. The molecular formula is C11H22O5S. The lowest BCUT2D eigenvalue weighted by Gasteiger charge is -1.98. The first kappa shape index (κ1) is 14.9. The van der Waals surface area contributed by atoms with Gasteiger partial charge >= 0.3 is 0 Å². The van der Waals surface area contributed by atoms with E-state index in [0.717, 1.165) is 6.42 Å². The molecule has 2 saturated heterocycles. The maximum Gasteiger partial charge on any atom is 0.264 e. The van der Waals surface area contributed by atoms with Gasteiger partial charge in [0.2, 0.25) is 12.1 Å². The molecule has 5 nitrogen and oxygen atoms in total. The lowest BCUT2D eigenvalue weighted by atomic mass is 10.1. The first-order chi connectivity index (χ1) is 7.93. The molecule has 0 aliphatic carbocycles.